The molecule has 1 saturated heterocycles. The van der Waals surface area contributed by atoms with Gasteiger partial charge in [0.25, 0.3) is 0 Å². The van der Waals surface area contributed by atoms with Crippen molar-refractivity contribution in [1.82, 2.24) is 19.8 Å². The van der Waals surface area contributed by atoms with Crippen LogP contribution in [0.2, 0.25) is 0 Å². The van der Waals surface area contributed by atoms with Crippen molar-refractivity contribution in [3.8, 4) is 0 Å². The molecule has 0 saturated carbocycles. The highest BCUT2D eigenvalue weighted by Crippen LogP contribution is 2.10. The third-order valence-electron chi connectivity index (χ3n) is 3.89. The zero-order valence-electron chi connectivity index (χ0n) is 13.4. The Balaban J connectivity index is 1.75. The molecule has 2 heterocycles. The number of anilines is 1. The van der Waals surface area contributed by atoms with Crippen molar-refractivity contribution >= 4 is 5.95 Å². The van der Waals surface area contributed by atoms with Crippen LogP contribution < -0.4 is 10.2 Å². The van der Waals surface area contributed by atoms with Gasteiger partial charge in [-0.2, -0.15) is 0 Å². The quantitative estimate of drug-likeness (QED) is 0.678. The minimum atomic E-state index is 0.793. The Kier molecular flexibility index (Phi) is 6.99. The summed E-state index contributed by atoms with van der Waals surface area (Å²) in [5.41, 5.74) is 0. The van der Waals surface area contributed by atoms with E-state index in [0.717, 1.165) is 71.4 Å². The lowest BCUT2D eigenvalue weighted by Crippen LogP contribution is -2.46. The van der Waals surface area contributed by atoms with Crippen LogP contribution in [-0.4, -0.2) is 74.0 Å². The Bertz CT molecular complexity index is 389. The number of nitrogens with zero attached hydrogens (tertiary/aromatic N) is 4. The fourth-order valence-corrected chi connectivity index (χ4v) is 2.62. The van der Waals surface area contributed by atoms with E-state index in [1.807, 2.05) is 13.1 Å². The summed E-state index contributed by atoms with van der Waals surface area (Å²) >= 11 is 0. The summed E-state index contributed by atoms with van der Waals surface area (Å²) in [7, 11) is 2.13. The van der Waals surface area contributed by atoms with Crippen molar-refractivity contribution in [3.05, 3.63) is 12.4 Å². The molecule has 21 heavy (non-hydrogen) atoms. The van der Waals surface area contributed by atoms with Crippen molar-refractivity contribution in [3.63, 3.8) is 0 Å². The molecule has 1 aromatic rings. The van der Waals surface area contributed by atoms with E-state index in [4.69, 9.17) is 4.74 Å². The number of rotatable bonds is 9. The summed E-state index contributed by atoms with van der Waals surface area (Å²) in [6.45, 7) is 11.2. The molecule has 1 aromatic heterocycles. The highest BCUT2D eigenvalue weighted by molar-refractivity contribution is 5.29. The van der Waals surface area contributed by atoms with Gasteiger partial charge in [-0.05, 0) is 13.3 Å². The SMILES string of the molecule is CCOCCCn1ccnc1N(C)CCN1CCNCC1. The monoisotopic (exact) mass is 295 g/mol. The van der Waals surface area contributed by atoms with Crippen LogP contribution in [0.15, 0.2) is 12.4 Å². The predicted octanol–water partition coefficient (Wildman–Crippen LogP) is 0.651. The van der Waals surface area contributed by atoms with Crippen LogP contribution in [0.25, 0.3) is 0 Å². The van der Waals surface area contributed by atoms with E-state index in [0.29, 0.717) is 0 Å². The van der Waals surface area contributed by atoms with Crippen molar-refractivity contribution in [2.45, 2.75) is 19.9 Å². The summed E-state index contributed by atoms with van der Waals surface area (Å²) in [6.07, 6.45) is 4.97. The molecule has 0 amide bonds. The third kappa shape index (κ3) is 5.30. The second kappa shape index (κ2) is 9.02. The number of likely N-dealkylation sites (N-methyl/N-ethyl adjacent to an activating group) is 1. The Morgan fingerprint density at radius 1 is 1.33 bits per heavy atom. The Hall–Kier alpha value is -1.11. The number of aryl methyl sites for hydroxylation is 1. The maximum atomic E-state index is 5.40. The van der Waals surface area contributed by atoms with Crippen LogP contribution in [-0.2, 0) is 11.3 Å². The van der Waals surface area contributed by atoms with Crippen molar-refractivity contribution in [2.75, 3.05) is 64.4 Å². The van der Waals surface area contributed by atoms with Gasteiger partial charge in [-0.15, -0.1) is 0 Å². The van der Waals surface area contributed by atoms with Crippen molar-refractivity contribution in [2.24, 2.45) is 0 Å². The first kappa shape index (κ1) is 16.3. The number of ether oxygens (including phenoxy) is 1. The maximum absolute atomic E-state index is 5.40. The molecule has 0 radical (unpaired) electrons. The highest BCUT2D eigenvalue weighted by atomic mass is 16.5. The standard InChI is InChI=1S/C15H29N5O/c1-3-21-14-4-8-20-11-7-17-15(20)18(2)12-13-19-9-5-16-6-10-19/h7,11,16H,3-6,8-10,12-14H2,1-2H3. The van der Waals surface area contributed by atoms with Crippen LogP contribution >= 0.6 is 0 Å². The number of hydrogen-bond acceptors (Lipinski definition) is 5. The highest BCUT2D eigenvalue weighted by Gasteiger charge is 2.12. The average molecular weight is 295 g/mol. The number of hydrogen-bond donors (Lipinski definition) is 1. The molecule has 0 aromatic carbocycles. The van der Waals surface area contributed by atoms with E-state index in [2.05, 4.69) is 37.9 Å². The fraction of sp³-hybridized carbons (Fsp3) is 0.800. The molecule has 6 heteroatoms. The van der Waals surface area contributed by atoms with Crippen LogP contribution in [0.5, 0.6) is 0 Å². The van der Waals surface area contributed by atoms with Crippen LogP contribution in [0.3, 0.4) is 0 Å². The molecule has 2 rings (SSSR count). The fourth-order valence-electron chi connectivity index (χ4n) is 2.62. The van der Waals surface area contributed by atoms with Crippen LogP contribution in [0.1, 0.15) is 13.3 Å². The molecular formula is C15H29N5O. The molecule has 0 aliphatic carbocycles. The van der Waals surface area contributed by atoms with Crippen molar-refractivity contribution in [1.29, 1.82) is 0 Å². The molecule has 0 atom stereocenters. The second-order valence-corrected chi connectivity index (χ2v) is 5.48. The Morgan fingerprint density at radius 2 is 2.14 bits per heavy atom. The van der Waals surface area contributed by atoms with Gasteiger partial charge in [-0.1, -0.05) is 0 Å². The predicted molar refractivity (Wildman–Crippen MR) is 85.9 cm³/mol. The average Bonchev–Trinajstić information content (AvgIpc) is 2.99. The van der Waals surface area contributed by atoms with E-state index in [1.54, 1.807) is 0 Å². The molecule has 1 aliphatic rings. The second-order valence-electron chi connectivity index (χ2n) is 5.48. The largest absolute Gasteiger partial charge is 0.382 e. The molecule has 0 unspecified atom stereocenters. The topological polar surface area (TPSA) is 45.6 Å². The lowest BCUT2D eigenvalue weighted by Gasteiger charge is -2.29. The Labute approximate surface area is 128 Å². The van der Waals surface area contributed by atoms with Crippen LogP contribution in [0, 0.1) is 0 Å². The smallest absolute Gasteiger partial charge is 0.205 e. The van der Waals surface area contributed by atoms with E-state index >= 15 is 0 Å². The first-order valence-corrected chi connectivity index (χ1v) is 8.04. The summed E-state index contributed by atoms with van der Waals surface area (Å²) < 4.78 is 7.62. The number of nitrogens with one attached hydrogen (secondary N) is 1. The van der Waals surface area contributed by atoms with Gasteiger partial charge in [0.1, 0.15) is 0 Å². The summed E-state index contributed by atoms with van der Waals surface area (Å²) in [5.74, 6) is 1.06. The van der Waals surface area contributed by atoms with E-state index < -0.39 is 0 Å². The van der Waals surface area contributed by atoms with E-state index in [1.165, 1.54) is 0 Å². The maximum Gasteiger partial charge on any atom is 0.205 e. The molecule has 0 spiro atoms. The van der Waals surface area contributed by atoms with E-state index in [9.17, 15) is 0 Å². The summed E-state index contributed by atoms with van der Waals surface area (Å²) in [5, 5.41) is 3.39. The van der Waals surface area contributed by atoms with Gasteiger partial charge in [0.05, 0.1) is 0 Å². The normalized spacial score (nSPS) is 16.3. The number of imidazole rings is 1. The third-order valence-corrected chi connectivity index (χ3v) is 3.89. The molecule has 1 N–H and O–H groups in total. The summed E-state index contributed by atoms with van der Waals surface area (Å²) in [6, 6.07) is 0. The van der Waals surface area contributed by atoms with Gasteiger partial charge in [-0.25, -0.2) is 4.98 Å². The molecule has 6 nitrogen and oxygen atoms in total. The molecule has 1 fully saturated rings. The van der Waals surface area contributed by atoms with Gasteiger partial charge in [-0.3, -0.25) is 4.90 Å². The Morgan fingerprint density at radius 3 is 2.90 bits per heavy atom. The van der Waals surface area contributed by atoms with Crippen LogP contribution in [0.4, 0.5) is 5.95 Å². The van der Waals surface area contributed by atoms with Gasteiger partial charge in [0, 0.05) is 78.5 Å². The van der Waals surface area contributed by atoms with Gasteiger partial charge in [0.2, 0.25) is 5.95 Å². The molecule has 120 valence electrons. The molecule has 0 bridgehead atoms. The minimum Gasteiger partial charge on any atom is -0.382 e. The lowest BCUT2D eigenvalue weighted by atomic mass is 10.3. The van der Waals surface area contributed by atoms with Gasteiger partial charge in [0.15, 0.2) is 0 Å². The van der Waals surface area contributed by atoms with Gasteiger partial charge >= 0.3 is 0 Å². The summed E-state index contributed by atoms with van der Waals surface area (Å²) in [4.78, 5) is 9.26. The van der Waals surface area contributed by atoms with Crippen molar-refractivity contribution < 1.29 is 4.74 Å². The van der Waals surface area contributed by atoms with Gasteiger partial charge < -0.3 is 19.5 Å². The van der Waals surface area contributed by atoms with E-state index in [-0.39, 0.29) is 0 Å². The lowest BCUT2D eigenvalue weighted by molar-refractivity contribution is 0.141. The zero-order valence-corrected chi connectivity index (χ0v) is 13.4. The zero-order chi connectivity index (χ0) is 14.9. The molecular weight excluding hydrogens is 266 g/mol. The number of aromatic nitrogens is 2. The first-order valence-electron chi connectivity index (χ1n) is 8.04. The minimum absolute atomic E-state index is 0.793. The first-order chi connectivity index (χ1) is 10.3. The molecule has 1 aliphatic heterocycles. The number of piperazine rings is 1.